The van der Waals surface area contributed by atoms with Gasteiger partial charge in [-0.1, -0.05) is 29.8 Å². The number of anilines is 2. The molecule has 0 saturated carbocycles. The van der Waals surface area contributed by atoms with Crippen molar-refractivity contribution in [3.8, 4) is 11.8 Å². The van der Waals surface area contributed by atoms with Crippen LogP contribution in [0.3, 0.4) is 0 Å². The monoisotopic (exact) mass is 378 g/mol. The van der Waals surface area contributed by atoms with Crippen LogP contribution in [0, 0.1) is 16.7 Å². The van der Waals surface area contributed by atoms with Gasteiger partial charge in [-0.25, -0.2) is 4.98 Å². The predicted octanol–water partition coefficient (Wildman–Crippen LogP) is 2.95. The number of benzene rings is 1. The van der Waals surface area contributed by atoms with Crippen molar-refractivity contribution < 1.29 is 0 Å². The van der Waals surface area contributed by atoms with Crippen LogP contribution < -0.4 is 16.6 Å². The van der Waals surface area contributed by atoms with Gasteiger partial charge in [0.2, 0.25) is 0 Å². The molecule has 0 saturated heterocycles. The van der Waals surface area contributed by atoms with Gasteiger partial charge in [-0.15, -0.1) is 0 Å². The van der Waals surface area contributed by atoms with Crippen LogP contribution in [0.25, 0.3) is 5.69 Å². The van der Waals surface area contributed by atoms with Crippen molar-refractivity contribution in [2.75, 3.05) is 11.1 Å². The second-order valence-corrected chi connectivity index (χ2v) is 6.05. The number of nitrogens with zero attached hydrogens (tertiary/aromatic N) is 3. The first-order valence-electron chi connectivity index (χ1n) is 7.94. The molecule has 134 valence electrons. The lowest BCUT2D eigenvalue weighted by atomic mass is 10.2. The van der Waals surface area contributed by atoms with Gasteiger partial charge in [0.1, 0.15) is 11.9 Å². The summed E-state index contributed by atoms with van der Waals surface area (Å²) in [6.45, 7) is 0.398. The maximum absolute atomic E-state index is 12.9. The first-order chi connectivity index (χ1) is 13.0. The van der Waals surface area contributed by atoms with E-state index in [2.05, 4.69) is 10.3 Å². The molecule has 0 radical (unpaired) electrons. The molecular formula is C19H15ClN6O. The van der Waals surface area contributed by atoms with Gasteiger partial charge < -0.3 is 16.5 Å². The number of hydrogen-bond acceptors (Lipinski definition) is 6. The molecule has 7 nitrogen and oxygen atoms in total. The van der Waals surface area contributed by atoms with E-state index >= 15 is 0 Å². The molecule has 0 aliphatic carbocycles. The summed E-state index contributed by atoms with van der Waals surface area (Å²) >= 11 is 6.15. The number of rotatable bonds is 5. The van der Waals surface area contributed by atoms with Gasteiger partial charge in [-0.3, -0.25) is 9.36 Å². The highest BCUT2D eigenvalue weighted by molar-refractivity contribution is 6.31. The lowest BCUT2D eigenvalue weighted by Gasteiger charge is -2.14. The lowest BCUT2D eigenvalue weighted by molar-refractivity contribution is 0.973. The highest BCUT2D eigenvalue weighted by atomic mass is 35.5. The van der Waals surface area contributed by atoms with Crippen molar-refractivity contribution in [2.45, 2.75) is 6.54 Å². The normalized spacial score (nSPS) is 10.2. The summed E-state index contributed by atoms with van der Waals surface area (Å²) in [6, 6.07) is 12.5. The third-order valence-corrected chi connectivity index (χ3v) is 4.35. The molecule has 1 aromatic carbocycles. The number of nitrogens with one attached hydrogen (secondary N) is 2. The van der Waals surface area contributed by atoms with Crippen molar-refractivity contribution in [3.05, 3.63) is 80.9 Å². The van der Waals surface area contributed by atoms with Gasteiger partial charge in [-0.05, 0) is 17.7 Å². The van der Waals surface area contributed by atoms with Crippen LogP contribution in [0.4, 0.5) is 11.5 Å². The average molecular weight is 379 g/mol. The second kappa shape index (κ2) is 7.72. The number of nitrogens with two attached hydrogens (primary N) is 1. The Morgan fingerprint density at radius 1 is 1.37 bits per heavy atom. The van der Waals surface area contributed by atoms with E-state index in [9.17, 15) is 10.1 Å². The van der Waals surface area contributed by atoms with Crippen LogP contribution in [-0.4, -0.2) is 15.8 Å². The molecule has 8 heteroatoms. The highest BCUT2D eigenvalue weighted by Gasteiger charge is 2.13. The molecular weight excluding hydrogens is 364 g/mol. The lowest BCUT2D eigenvalue weighted by Crippen LogP contribution is -2.24. The first kappa shape index (κ1) is 18.2. The minimum absolute atomic E-state index is 0.156. The van der Waals surface area contributed by atoms with Gasteiger partial charge in [0.25, 0.3) is 5.56 Å². The molecule has 2 aromatic heterocycles. The van der Waals surface area contributed by atoms with Crippen molar-refractivity contribution in [3.63, 3.8) is 0 Å². The fraction of sp³-hybridized carbons (Fsp3) is 0.0526. The Kier molecular flexibility index (Phi) is 5.20. The summed E-state index contributed by atoms with van der Waals surface area (Å²) in [5.41, 5.74) is 7.28. The number of hydrogen-bond donors (Lipinski definition) is 3. The summed E-state index contributed by atoms with van der Waals surface area (Å²) in [4.78, 5) is 16.7. The number of nitrogen functional groups attached to an aromatic ring is 1. The number of halogens is 1. The van der Waals surface area contributed by atoms with Gasteiger partial charge in [-0.2, -0.15) is 5.26 Å². The zero-order valence-corrected chi connectivity index (χ0v) is 14.9. The zero-order chi connectivity index (χ0) is 19.4. The van der Waals surface area contributed by atoms with Gasteiger partial charge in [0.15, 0.2) is 0 Å². The SMILES string of the molecule is N#Cc1cnc(N)cc1-n1ccc(NCc2ccccc2Cl)c(C=N)c1=O. The molecule has 0 atom stereocenters. The van der Waals surface area contributed by atoms with E-state index < -0.39 is 5.56 Å². The van der Waals surface area contributed by atoms with Gasteiger partial charge in [0.05, 0.1) is 22.5 Å². The minimum Gasteiger partial charge on any atom is -0.384 e. The van der Waals surface area contributed by atoms with Crippen LogP contribution in [-0.2, 0) is 6.54 Å². The topological polar surface area (TPSA) is 121 Å². The number of aromatic nitrogens is 2. The average Bonchev–Trinajstić information content (AvgIpc) is 2.67. The Morgan fingerprint density at radius 2 is 2.15 bits per heavy atom. The molecule has 0 spiro atoms. The minimum atomic E-state index is -0.448. The Bertz CT molecular complexity index is 1120. The summed E-state index contributed by atoms with van der Waals surface area (Å²) in [5, 5.41) is 20.6. The zero-order valence-electron chi connectivity index (χ0n) is 14.1. The summed E-state index contributed by atoms with van der Waals surface area (Å²) in [7, 11) is 0. The van der Waals surface area contributed by atoms with Crippen LogP contribution in [0.1, 0.15) is 16.7 Å². The quantitative estimate of drug-likeness (QED) is 0.589. The van der Waals surface area contributed by atoms with E-state index in [-0.39, 0.29) is 16.9 Å². The Labute approximate surface area is 160 Å². The van der Waals surface area contributed by atoms with Crippen LogP contribution in [0.15, 0.2) is 53.6 Å². The second-order valence-electron chi connectivity index (χ2n) is 5.65. The highest BCUT2D eigenvalue weighted by Crippen LogP contribution is 2.19. The Hall–Kier alpha value is -3.63. The molecule has 0 aliphatic heterocycles. The largest absolute Gasteiger partial charge is 0.384 e. The van der Waals surface area contributed by atoms with Gasteiger partial charge in [0, 0.05) is 36.2 Å². The van der Waals surface area contributed by atoms with Crippen LogP contribution in [0.5, 0.6) is 0 Å². The molecule has 0 amide bonds. The molecule has 0 bridgehead atoms. The van der Waals surface area contributed by atoms with Crippen LogP contribution in [0.2, 0.25) is 5.02 Å². The Morgan fingerprint density at radius 3 is 2.85 bits per heavy atom. The molecule has 27 heavy (non-hydrogen) atoms. The fourth-order valence-corrected chi connectivity index (χ4v) is 2.82. The maximum Gasteiger partial charge on any atom is 0.266 e. The summed E-state index contributed by atoms with van der Waals surface area (Å²) < 4.78 is 1.28. The van der Waals surface area contributed by atoms with Crippen molar-refractivity contribution >= 4 is 29.3 Å². The van der Waals surface area contributed by atoms with E-state index in [1.54, 1.807) is 12.1 Å². The molecule has 3 rings (SSSR count). The molecule has 0 unspecified atom stereocenters. The van der Waals surface area contributed by atoms with Crippen molar-refractivity contribution in [1.29, 1.82) is 10.7 Å². The molecule has 0 aliphatic rings. The van der Waals surface area contributed by atoms with E-state index in [4.69, 9.17) is 22.7 Å². The summed E-state index contributed by atoms with van der Waals surface area (Å²) in [6.07, 6.45) is 3.81. The third-order valence-electron chi connectivity index (χ3n) is 3.98. The van der Waals surface area contributed by atoms with E-state index in [1.807, 2.05) is 24.3 Å². The molecule has 2 heterocycles. The van der Waals surface area contributed by atoms with Gasteiger partial charge >= 0.3 is 0 Å². The van der Waals surface area contributed by atoms with Crippen molar-refractivity contribution in [1.82, 2.24) is 9.55 Å². The first-order valence-corrected chi connectivity index (χ1v) is 8.32. The molecule has 0 fully saturated rings. The molecule has 4 N–H and O–H groups in total. The smallest absolute Gasteiger partial charge is 0.266 e. The van der Waals surface area contributed by atoms with Crippen molar-refractivity contribution in [2.24, 2.45) is 0 Å². The van der Waals surface area contributed by atoms with Crippen LogP contribution >= 0.6 is 11.6 Å². The summed E-state index contributed by atoms with van der Waals surface area (Å²) in [5.74, 6) is 0.188. The third kappa shape index (κ3) is 3.66. The number of nitriles is 1. The Balaban J connectivity index is 2.01. The van der Waals surface area contributed by atoms with E-state index in [0.717, 1.165) is 11.8 Å². The fourth-order valence-electron chi connectivity index (χ4n) is 2.61. The number of pyridine rings is 2. The van der Waals surface area contributed by atoms with E-state index in [0.29, 0.717) is 22.9 Å². The predicted molar refractivity (Wildman–Crippen MR) is 106 cm³/mol. The van der Waals surface area contributed by atoms with E-state index in [1.165, 1.54) is 23.0 Å². The molecule has 3 aromatic rings. The standard InChI is InChI=1S/C19H15ClN6O/c20-15-4-2-1-3-12(15)10-24-16-5-6-26(19(27)14(16)9-22)17-7-18(23)25-11-13(17)8-21/h1-7,9,11,22,24H,10H2,(H2,23,25). The maximum atomic E-state index is 12.9.